The van der Waals surface area contributed by atoms with Crippen molar-refractivity contribution in [2.75, 3.05) is 13.8 Å². The number of piperidine rings is 1. The molecule has 2 saturated heterocycles. The van der Waals surface area contributed by atoms with Crippen molar-refractivity contribution in [3.8, 4) is 11.5 Å². The molecule has 1 N–H and O–H groups in total. The predicted molar refractivity (Wildman–Crippen MR) is 84.9 cm³/mol. The van der Waals surface area contributed by atoms with E-state index in [0.29, 0.717) is 35.2 Å². The normalized spacial score (nSPS) is 28.1. The van der Waals surface area contributed by atoms with Crippen LogP contribution in [0.5, 0.6) is 11.5 Å². The Morgan fingerprint density at radius 3 is 2.59 bits per heavy atom. The summed E-state index contributed by atoms with van der Waals surface area (Å²) in [6, 6.07) is 6.93. The van der Waals surface area contributed by atoms with Gasteiger partial charge in [-0.25, -0.2) is 0 Å². The molecule has 0 saturated carbocycles. The van der Waals surface area contributed by atoms with Crippen LogP contribution in [-0.2, 0) is 0 Å². The molecule has 2 unspecified atom stereocenters. The molecule has 0 aromatic heterocycles. The van der Waals surface area contributed by atoms with Gasteiger partial charge in [-0.3, -0.25) is 4.79 Å². The van der Waals surface area contributed by atoms with Gasteiger partial charge in [0.25, 0.3) is 5.91 Å². The van der Waals surface area contributed by atoms with Crippen LogP contribution in [0.2, 0.25) is 0 Å². The molecule has 1 aromatic carbocycles. The van der Waals surface area contributed by atoms with E-state index < -0.39 is 0 Å². The summed E-state index contributed by atoms with van der Waals surface area (Å²) in [7, 11) is 1.92. The molecule has 5 nitrogen and oxygen atoms in total. The molecule has 3 aliphatic rings. The van der Waals surface area contributed by atoms with E-state index in [0.717, 1.165) is 12.8 Å². The zero-order valence-corrected chi connectivity index (χ0v) is 13.4. The van der Waals surface area contributed by atoms with Gasteiger partial charge in [-0.15, -0.1) is 12.4 Å². The third-order valence-electron chi connectivity index (χ3n) is 4.94. The average molecular weight is 325 g/mol. The first kappa shape index (κ1) is 15.4. The van der Waals surface area contributed by atoms with Gasteiger partial charge >= 0.3 is 0 Å². The largest absolute Gasteiger partial charge is 0.454 e. The summed E-state index contributed by atoms with van der Waals surface area (Å²) in [4.78, 5) is 14.6. The molecule has 2 bridgehead atoms. The second-order valence-electron chi connectivity index (χ2n) is 6.25. The molecule has 6 heteroatoms. The summed E-state index contributed by atoms with van der Waals surface area (Å²) in [5, 5.41) is 3.61. The van der Waals surface area contributed by atoms with Crippen LogP contribution in [0.4, 0.5) is 0 Å². The Labute approximate surface area is 136 Å². The van der Waals surface area contributed by atoms with Gasteiger partial charge in [-0.05, 0) is 43.9 Å². The molecule has 0 aliphatic carbocycles. The van der Waals surface area contributed by atoms with Gasteiger partial charge in [0, 0.05) is 30.7 Å². The fourth-order valence-electron chi connectivity index (χ4n) is 3.74. The van der Waals surface area contributed by atoms with Crippen LogP contribution in [0, 0.1) is 0 Å². The summed E-state index contributed by atoms with van der Waals surface area (Å²) in [5.41, 5.74) is 0.674. The second-order valence-corrected chi connectivity index (χ2v) is 6.25. The van der Waals surface area contributed by atoms with Crippen molar-refractivity contribution in [3.05, 3.63) is 23.8 Å². The maximum atomic E-state index is 12.7. The van der Waals surface area contributed by atoms with Crippen LogP contribution in [0.25, 0.3) is 0 Å². The molecular formula is C16H21ClN2O3. The molecule has 4 rings (SSSR count). The number of nitrogens with one attached hydrogen (secondary N) is 1. The quantitative estimate of drug-likeness (QED) is 0.906. The van der Waals surface area contributed by atoms with Crippen LogP contribution in [0.3, 0.4) is 0 Å². The van der Waals surface area contributed by atoms with E-state index >= 15 is 0 Å². The van der Waals surface area contributed by atoms with Crippen LogP contribution in [0.15, 0.2) is 18.2 Å². The minimum atomic E-state index is 0. The number of nitrogens with zero attached hydrogens (tertiary/aromatic N) is 1. The van der Waals surface area contributed by atoms with Crippen molar-refractivity contribution in [3.63, 3.8) is 0 Å². The molecular weight excluding hydrogens is 304 g/mol. The van der Waals surface area contributed by atoms with Crippen LogP contribution >= 0.6 is 12.4 Å². The first-order chi connectivity index (χ1) is 10.2. The van der Waals surface area contributed by atoms with E-state index in [-0.39, 0.29) is 25.1 Å². The first-order valence-corrected chi connectivity index (χ1v) is 7.63. The third-order valence-corrected chi connectivity index (χ3v) is 4.94. The van der Waals surface area contributed by atoms with Gasteiger partial charge < -0.3 is 19.7 Å². The minimum Gasteiger partial charge on any atom is -0.454 e. The van der Waals surface area contributed by atoms with Crippen LogP contribution in [-0.4, -0.2) is 42.8 Å². The number of amides is 1. The number of ether oxygens (including phenoxy) is 2. The zero-order valence-electron chi connectivity index (χ0n) is 12.6. The Bertz CT molecular complexity index is 569. The Hall–Kier alpha value is -1.46. The number of fused-ring (bicyclic) bond motifs is 3. The fourth-order valence-corrected chi connectivity index (χ4v) is 3.74. The number of benzene rings is 1. The van der Waals surface area contributed by atoms with Gasteiger partial charge in [-0.2, -0.15) is 0 Å². The van der Waals surface area contributed by atoms with Gasteiger partial charge in [-0.1, -0.05) is 0 Å². The highest BCUT2D eigenvalue weighted by Gasteiger charge is 2.36. The lowest BCUT2D eigenvalue weighted by molar-refractivity contribution is 0.0681. The van der Waals surface area contributed by atoms with Crippen molar-refractivity contribution >= 4 is 18.3 Å². The van der Waals surface area contributed by atoms with Crippen molar-refractivity contribution in [1.82, 2.24) is 10.2 Å². The molecule has 2 fully saturated rings. The molecule has 120 valence electrons. The van der Waals surface area contributed by atoms with Crippen molar-refractivity contribution < 1.29 is 14.3 Å². The number of carbonyl (C=O) groups is 1. The summed E-state index contributed by atoms with van der Waals surface area (Å²) in [6.45, 7) is 0.237. The lowest BCUT2D eigenvalue weighted by atomic mass is 9.98. The minimum absolute atomic E-state index is 0. The van der Waals surface area contributed by atoms with E-state index in [4.69, 9.17) is 9.47 Å². The Morgan fingerprint density at radius 1 is 1.18 bits per heavy atom. The molecule has 2 atom stereocenters. The smallest absolute Gasteiger partial charge is 0.253 e. The first-order valence-electron chi connectivity index (χ1n) is 7.63. The lowest BCUT2D eigenvalue weighted by Gasteiger charge is -2.35. The number of hydrogen-bond acceptors (Lipinski definition) is 4. The molecule has 3 aliphatic heterocycles. The van der Waals surface area contributed by atoms with Crippen molar-refractivity contribution in [1.29, 1.82) is 0 Å². The van der Waals surface area contributed by atoms with E-state index in [1.807, 2.05) is 24.1 Å². The number of carbonyl (C=O) groups excluding carboxylic acids is 1. The number of rotatable bonds is 2. The maximum absolute atomic E-state index is 12.7. The van der Waals surface area contributed by atoms with Gasteiger partial charge in [0.2, 0.25) is 6.79 Å². The second kappa shape index (κ2) is 5.97. The van der Waals surface area contributed by atoms with E-state index in [9.17, 15) is 4.79 Å². The molecule has 1 amide bonds. The monoisotopic (exact) mass is 324 g/mol. The highest BCUT2D eigenvalue weighted by Crippen LogP contribution is 2.34. The van der Waals surface area contributed by atoms with E-state index in [1.165, 1.54) is 12.8 Å². The van der Waals surface area contributed by atoms with Crippen LogP contribution in [0.1, 0.15) is 36.0 Å². The van der Waals surface area contributed by atoms with Crippen molar-refractivity contribution in [2.24, 2.45) is 0 Å². The summed E-state index contributed by atoms with van der Waals surface area (Å²) < 4.78 is 10.6. The SMILES string of the molecule is CN(C(=O)c1ccc2c(c1)OCO2)C1CC2CCC(C1)N2.Cl. The third kappa shape index (κ3) is 2.63. The highest BCUT2D eigenvalue weighted by molar-refractivity contribution is 5.95. The summed E-state index contributed by atoms with van der Waals surface area (Å²) >= 11 is 0. The molecule has 1 aromatic rings. The topological polar surface area (TPSA) is 50.8 Å². The van der Waals surface area contributed by atoms with Crippen LogP contribution < -0.4 is 14.8 Å². The van der Waals surface area contributed by atoms with Gasteiger partial charge in [0.05, 0.1) is 0 Å². The van der Waals surface area contributed by atoms with E-state index in [1.54, 1.807) is 6.07 Å². The maximum Gasteiger partial charge on any atom is 0.253 e. The Balaban J connectivity index is 0.00000144. The van der Waals surface area contributed by atoms with Gasteiger partial charge in [0.1, 0.15) is 0 Å². The number of hydrogen-bond donors (Lipinski definition) is 1. The standard InChI is InChI=1S/C16H20N2O3.ClH/c1-18(13-7-11-3-4-12(8-13)17-11)16(19)10-2-5-14-15(6-10)21-9-20-14;/h2,5-6,11-13,17H,3-4,7-9H2,1H3;1H. The molecule has 0 radical (unpaired) electrons. The van der Waals surface area contributed by atoms with E-state index in [2.05, 4.69) is 5.32 Å². The summed E-state index contributed by atoms with van der Waals surface area (Å²) in [6.07, 6.45) is 4.60. The molecule has 3 heterocycles. The lowest BCUT2D eigenvalue weighted by Crippen LogP contribution is -2.48. The average Bonchev–Trinajstić information content (AvgIpc) is 3.11. The summed E-state index contributed by atoms with van der Waals surface area (Å²) in [5.74, 6) is 1.45. The highest BCUT2D eigenvalue weighted by atomic mass is 35.5. The molecule has 0 spiro atoms. The fraction of sp³-hybridized carbons (Fsp3) is 0.562. The zero-order chi connectivity index (χ0) is 14.4. The Morgan fingerprint density at radius 2 is 1.86 bits per heavy atom. The molecule has 22 heavy (non-hydrogen) atoms. The Kier molecular flexibility index (Phi) is 4.19. The van der Waals surface area contributed by atoms with Crippen molar-refractivity contribution in [2.45, 2.75) is 43.8 Å². The van der Waals surface area contributed by atoms with Gasteiger partial charge in [0.15, 0.2) is 11.5 Å². The predicted octanol–water partition coefficient (Wildman–Crippen LogP) is 2.19. The number of halogens is 1.